The van der Waals surface area contributed by atoms with E-state index in [9.17, 15) is 4.79 Å². The van der Waals surface area contributed by atoms with E-state index in [1.165, 1.54) is 24.8 Å². The summed E-state index contributed by atoms with van der Waals surface area (Å²) in [7, 11) is 1.68. The Morgan fingerprint density at radius 2 is 1.60 bits per heavy atom. The first-order valence-corrected chi connectivity index (χ1v) is 11.0. The molecule has 1 aliphatic heterocycles. The van der Waals surface area contributed by atoms with Crippen molar-refractivity contribution in [1.29, 1.82) is 0 Å². The zero-order valence-electron chi connectivity index (χ0n) is 18.4. The van der Waals surface area contributed by atoms with Crippen LogP contribution in [0.1, 0.15) is 55.1 Å². The summed E-state index contributed by atoms with van der Waals surface area (Å²) in [6.07, 6.45) is 3.69. The molecule has 0 spiro atoms. The molecule has 5 heteroatoms. The number of rotatable bonds is 9. The lowest BCUT2D eigenvalue weighted by Gasteiger charge is -2.35. The molecule has 1 unspecified atom stereocenters. The van der Waals surface area contributed by atoms with Crippen LogP contribution in [0.25, 0.3) is 0 Å². The molecule has 1 atom stereocenters. The highest BCUT2D eigenvalue weighted by atomic mass is 16.5. The van der Waals surface area contributed by atoms with Crippen LogP contribution in [0, 0.1) is 5.92 Å². The van der Waals surface area contributed by atoms with Crippen molar-refractivity contribution in [2.75, 3.05) is 33.4 Å². The minimum Gasteiger partial charge on any atom is -0.497 e. The molecule has 1 amide bonds. The molecule has 0 aromatic heterocycles. The van der Waals surface area contributed by atoms with Gasteiger partial charge in [-0.15, -0.1) is 0 Å². The van der Waals surface area contributed by atoms with Gasteiger partial charge in [0, 0.05) is 12.1 Å². The van der Waals surface area contributed by atoms with Crippen LogP contribution in [0.2, 0.25) is 0 Å². The van der Waals surface area contributed by atoms with E-state index in [0.717, 1.165) is 24.6 Å². The van der Waals surface area contributed by atoms with Gasteiger partial charge in [-0.3, -0.25) is 9.69 Å². The highest BCUT2D eigenvalue weighted by Gasteiger charge is 2.23. The summed E-state index contributed by atoms with van der Waals surface area (Å²) in [5.74, 6) is 2.06. The number of piperidine rings is 1. The molecule has 0 radical (unpaired) electrons. The molecule has 2 aromatic rings. The average Bonchev–Trinajstić information content (AvgIpc) is 2.79. The number of nitrogens with one attached hydrogen (secondary N) is 1. The highest BCUT2D eigenvalue weighted by Crippen LogP contribution is 2.26. The van der Waals surface area contributed by atoms with Gasteiger partial charge in [0.2, 0.25) is 0 Å². The SMILES string of the molecule is COc1ccc(C(CNC(=O)c2ccc(OCC(C)C)cc2)N2CCCCC2)cc1. The maximum absolute atomic E-state index is 12.8. The fraction of sp³-hybridized carbons (Fsp3) is 0.480. The zero-order chi connectivity index (χ0) is 21.3. The number of nitrogens with zero attached hydrogens (tertiary/aromatic N) is 1. The van der Waals surface area contributed by atoms with Crippen molar-refractivity contribution >= 4 is 5.91 Å². The predicted molar refractivity (Wildman–Crippen MR) is 120 cm³/mol. The van der Waals surface area contributed by atoms with Crippen molar-refractivity contribution in [3.63, 3.8) is 0 Å². The Morgan fingerprint density at radius 3 is 2.20 bits per heavy atom. The molecule has 2 aromatic carbocycles. The first kappa shape index (κ1) is 22.2. The lowest BCUT2D eigenvalue weighted by molar-refractivity contribution is 0.0924. The minimum absolute atomic E-state index is 0.0547. The van der Waals surface area contributed by atoms with Crippen LogP contribution < -0.4 is 14.8 Å². The second-order valence-corrected chi connectivity index (χ2v) is 8.32. The molecule has 162 valence electrons. The number of carbonyl (C=O) groups excluding carboxylic acids is 1. The van der Waals surface area contributed by atoms with E-state index < -0.39 is 0 Å². The average molecular weight is 411 g/mol. The summed E-state index contributed by atoms with van der Waals surface area (Å²) in [6.45, 7) is 7.61. The van der Waals surface area contributed by atoms with E-state index in [-0.39, 0.29) is 11.9 Å². The van der Waals surface area contributed by atoms with Crippen LogP contribution in [-0.4, -0.2) is 44.2 Å². The summed E-state index contributed by atoms with van der Waals surface area (Å²) < 4.78 is 11.0. The van der Waals surface area contributed by atoms with Crippen molar-refractivity contribution in [1.82, 2.24) is 10.2 Å². The molecular weight excluding hydrogens is 376 g/mol. The third-order valence-corrected chi connectivity index (χ3v) is 5.49. The zero-order valence-corrected chi connectivity index (χ0v) is 18.4. The monoisotopic (exact) mass is 410 g/mol. The molecular formula is C25H34N2O3. The van der Waals surface area contributed by atoms with Crippen molar-refractivity contribution in [3.05, 3.63) is 59.7 Å². The summed E-state index contributed by atoms with van der Waals surface area (Å²) >= 11 is 0. The Labute approximate surface area is 180 Å². The van der Waals surface area contributed by atoms with Crippen LogP contribution in [0.15, 0.2) is 48.5 Å². The van der Waals surface area contributed by atoms with E-state index >= 15 is 0 Å². The topological polar surface area (TPSA) is 50.8 Å². The molecule has 1 heterocycles. The fourth-order valence-electron chi connectivity index (χ4n) is 3.77. The number of methoxy groups -OCH3 is 1. The van der Waals surface area contributed by atoms with Gasteiger partial charge in [0.25, 0.3) is 5.91 Å². The van der Waals surface area contributed by atoms with Crippen LogP contribution >= 0.6 is 0 Å². The first-order valence-electron chi connectivity index (χ1n) is 11.0. The quantitative estimate of drug-likeness (QED) is 0.652. The molecule has 3 rings (SSSR count). The number of carbonyl (C=O) groups is 1. The molecule has 1 fully saturated rings. The molecule has 5 nitrogen and oxygen atoms in total. The van der Waals surface area contributed by atoms with Gasteiger partial charge >= 0.3 is 0 Å². The minimum atomic E-state index is -0.0547. The second-order valence-electron chi connectivity index (χ2n) is 8.32. The summed E-state index contributed by atoms with van der Waals surface area (Å²) in [6, 6.07) is 15.7. The van der Waals surface area contributed by atoms with Gasteiger partial charge in [-0.2, -0.15) is 0 Å². The maximum Gasteiger partial charge on any atom is 0.251 e. The van der Waals surface area contributed by atoms with E-state index in [1.807, 2.05) is 36.4 Å². The van der Waals surface area contributed by atoms with Crippen LogP contribution in [0.3, 0.4) is 0 Å². The Hall–Kier alpha value is -2.53. The van der Waals surface area contributed by atoms with Gasteiger partial charge in [-0.1, -0.05) is 32.4 Å². The molecule has 0 aliphatic carbocycles. The molecule has 0 bridgehead atoms. The smallest absolute Gasteiger partial charge is 0.251 e. The number of hydrogen-bond acceptors (Lipinski definition) is 4. The van der Waals surface area contributed by atoms with Crippen molar-refractivity contribution in [2.24, 2.45) is 5.92 Å². The summed E-state index contributed by atoms with van der Waals surface area (Å²) in [4.78, 5) is 15.2. The molecule has 1 aliphatic rings. The summed E-state index contributed by atoms with van der Waals surface area (Å²) in [5, 5.41) is 3.14. The van der Waals surface area contributed by atoms with Crippen LogP contribution in [0.4, 0.5) is 0 Å². The fourth-order valence-corrected chi connectivity index (χ4v) is 3.77. The molecule has 1 saturated heterocycles. The molecule has 1 N–H and O–H groups in total. The Morgan fingerprint density at radius 1 is 0.967 bits per heavy atom. The van der Waals surface area contributed by atoms with Gasteiger partial charge in [0.1, 0.15) is 11.5 Å². The highest BCUT2D eigenvalue weighted by molar-refractivity contribution is 5.94. The Kier molecular flexibility index (Phi) is 8.14. The van der Waals surface area contributed by atoms with Crippen molar-refractivity contribution < 1.29 is 14.3 Å². The number of hydrogen-bond donors (Lipinski definition) is 1. The maximum atomic E-state index is 12.8. The Balaban J connectivity index is 1.64. The van der Waals surface area contributed by atoms with Crippen molar-refractivity contribution in [2.45, 2.75) is 39.2 Å². The largest absolute Gasteiger partial charge is 0.497 e. The van der Waals surface area contributed by atoms with Crippen LogP contribution in [0.5, 0.6) is 11.5 Å². The van der Waals surface area contributed by atoms with Crippen LogP contribution in [-0.2, 0) is 0 Å². The molecule has 30 heavy (non-hydrogen) atoms. The number of likely N-dealkylation sites (tertiary alicyclic amines) is 1. The van der Waals surface area contributed by atoms with E-state index in [0.29, 0.717) is 24.6 Å². The summed E-state index contributed by atoms with van der Waals surface area (Å²) in [5.41, 5.74) is 1.86. The predicted octanol–water partition coefficient (Wildman–Crippen LogP) is 4.69. The van der Waals surface area contributed by atoms with Gasteiger partial charge in [0.15, 0.2) is 0 Å². The number of amides is 1. The van der Waals surface area contributed by atoms with Gasteiger partial charge in [-0.05, 0) is 73.8 Å². The normalized spacial score (nSPS) is 15.6. The third kappa shape index (κ3) is 6.23. The lowest BCUT2D eigenvalue weighted by atomic mass is 10.0. The second kappa shape index (κ2) is 11.0. The third-order valence-electron chi connectivity index (χ3n) is 5.49. The Bertz CT molecular complexity index is 781. The van der Waals surface area contributed by atoms with Gasteiger partial charge in [0.05, 0.1) is 19.8 Å². The number of benzene rings is 2. The first-order chi connectivity index (χ1) is 14.6. The van der Waals surface area contributed by atoms with Gasteiger partial charge in [-0.25, -0.2) is 0 Å². The van der Waals surface area contributed by atoms with E-state index in [4.69, 9.17) is 9.47 Å². The lowest BCUT2D eigenvalue weighted by Crippen LogP contribution is -2.40. The number of ether oxygens (including phenoxy) is 2. The van der Waals surface area contributed by atoms with E-state index in [2.05, 4.69) is 36.2 Å². The standard InChI is InChI=1S/C25H34N2O3/c1-19(2)18-30-23-13-9-21(10-14-23)25(28)26-17-24(27-15-5-4-6-16-27)20-7-11-22(29-3)12-8-20/h7-14,19,24H,4-6,15-18H2,1-3H3,(H,26,28). The van der Waals surface area contributed by atoms with Crippen molar-refractivity contribution in [3.8, 4) is 11.5 Å². The molecule has 0 saturated carbocycles. The van der Waals surface area contributed by atoms with Gasteiger partial charge < -0.3 is 14.8 Å². The van der Waals surface area contributed by atoms with E-state index in [1.54, 1.807) is 7.11 Å².